The van der Waals surface area contributed by atoms with Gasteiger partial charge in [0, 0.05) is 32.2 Å². The van der Waals surface area contributed by atoms with Gasteiger partial charge in [-0.05, 0) is 36.6 Å². The summed E-state index contributed by atoms with van der Waals surface area (Å²) in [4.78, 5) is 33.4. The minimum absolute atomic E-state index is 0.0115. The van der Waals surface area contributed by atoms with Crippen molar-refractivity contribution < 1.29 is 14.3 Å². The quantitative estimate of drug-likeness (QED) is 0.480. The smallest absolute Gasteiger partial charge is 0.319 e. The normalized spacial score (nSPS) is 18.6. The lowest BCUT2D eigenvalue weighted by molar-refractivity contribution is -0.141. The lowest BCUT2D eigenvalue weighted by Gasteiger charge is -2.34. The average molecular weight is 516 g/mol. The Morgan fingerprint density at radius 3 is 3.00 bits per heavy atom. The number of piperidine rings is 1. The maximum absolute atomic E-state index is 12.7. The molecule has 0 spiro atoms. The van der Waals surface area contributed by atoms with Gasteiger partial charge in [-0.25, -0.2) is 9.50 Å². The lowest BCUT2D eigenvalue weighted by Crippen LogP contribution is -2.47. The molecule has 3 N–H and O–H groups in total. The van der Waals surface area contributed by atoms with Crippen LogP contribution in [0.5, 0.6) is 0 Å². The second-order valence-corrected chi connectivity index (χ2v) is 10.4. The minimum atomic E-state index is -0.266. The molecule has 0 bridgehead atoms. The number of thiophene rings is 1. The van der Waals surface area contributed by atoms with E-state index in [4.69, 9.17) is 22.1 Å². The monoisotopic (exact) mass is 515 g/mol. The molecule has 10 nitrogen and oxygen atoms in total. The van der Waals surface area contributed by atoms with E-state index in [2.05, 4.69) is 32.4 Å². The molecule has 0 aromatic carbocycles. The maximum atomic E-state index is 12.7. The van der Waals surface area contributed by atoms with E-state index in [-0.39, 0.29) is 24.5 Å². The molecule has 0 saturated carbocycles. The second kappa shape index (κ2) is 9.84. The van der Waals surface area contributed by atoms with Crippen LogP contribution in [0.4, 0.5) is 11.5 Å². The Morgan fingerprint density at radius 2 is 2.23 bits per heavy atom. The van der Waals surface area contributed by atoms with Gasteiger partial charge in [0.05, 0.1) is 34.2 Å². The standard InChI is InChI=1S/C23H26ClN7O3S/c1-34-20(32)12-29-8-6-14(10-29)16-9-17(21-22(25)26-13-27-31(16)21)30-7-2-3-15(11-30)28-23(33)18-4-5-19(24)35-18/h4-6,9,13,15H,2-3,7-8,10-12H2,1H3,(H,28,33)(H2,25,26,27)/t15-/m1/s1. The molecule has 5 heterocycles. The van der Waals surface area contributed by atoms with Crippen molar-refractivity contribution in [2.75, 3.05) is 50.5 Å². The number of amides is 1. The Labute approximate surface area is 211 Å². The van der Waals surface area contributed by atoms with Gasteiger partial charge in [-0.1, -0.05) is 17.7 Å². The molecule has 0 aliphatic carbocycles. The van der Waals surface area contributed by atoms with Gasteiger partial charge in [-0.15, -0.1) is 11.3 Å². The third-order valence-electron chi connectivity index (χ3n) is 6.36. The predicted octanol–water partition coefficient (Wildman–Crippen LogP) is 2.30. The van der Waals surface area contributed by atoms with E-state index in [1.54, 1.807) is 12.1 Å². The fourth-order valence-electron chi connectivity index (χ4n) is 4.69. The molecule has 0 unspecified atom stereocenters. The number of carbonyl (C=O) groups is 2. The first-order valence-corrected chi connectivity index (χ1v) is 12.5. The molecule has 5 rings (SSSR count). The largest absolute Gasteiger partial charge is 0.468 e. The van der Waals surface area contributed by atoms with Crippen LogP contribution in [-0.4, -0.2) is 77.2 Å². The summed E-state index contributed by atoms with van der Waals surface area (Å²) < 4.78 is 7.21. The van der Waals surface area contributed by atoms with Crippen LogP contribution in [0.2, 0.25) is 4.34 Å². The third kappa shape index (κ3) is 4.84. The number of nitrogens with two attached hydrogens (primary N) is 1. The van der Waals surface area contributed by atoms with E-state index in [0.29, 0.717) is 34.7 Å². The van der Waals surface area contributed by atoms with E-state index in [0.717, 1.165) is 41.9 Å². The number of carbonyl (C=O) groups excluding carboxylic acids is 2. The van der Waals surface area contributed by atoms with Crippen LogP contribution in [0.15, 0.2) is 30.6 Å². The highest BCUT2D eigenvalue weighted by atomic mass is 35.5. The Bertz CT molecular complexity index is 1300. The first-order chi connectivity index (χ1) is 16.9. The van der Waals surface area contributed by atoms with E-state index < -0.39 is 0 Å². The van der Waals surface area contributed by atoms with Crippen LogP contribution in [0.25, 0.3) is 11.1 Å². The molecule has 184 valence electrons. The molecule has 0 radical (unpaired) electrons. The van der Waals surface area contributed by atoms with Crippen LogP contribution in [-0.2, 0) is 9.53 Å². The summed E-state index contributed by atoms with van der Waals surface area (Å²) in [7, 11) is 1.39. The third-order valence-corrected chi connectivity index (χ3v) is 7.59. The molecule has 1 saturated heterocycles. The first kappa shape index (κ1) is 23.6. The first-order valence-electron chi connectivity index (χ1n) is 11.3. The zero-order valence-electron chi connectivity index (χ0n) is 19.2. The molecule has 3 aromatic rings. The Balaban J connectivity index is 1.38. The van der Waals surface area contributed by atoms with Crippen molar-refractivity contribution in [3.63, 3.8) is 0 Å². The van der Waals surface area contributed by atoms with Crippen molar-refractivity contribution in [3.8, 4) is 0 Å². The topological polar surface area (TPSA) is 118 Å². The summed E-state index contributed by atoms with van der Waals surface area (Å²) in [6.07, 6.45) is 5.35. The number of methoxy groups -OCH3 is 1. The van der Waals surface area contributed by atoms with Crippen molar-refractivity contribution in [2.24, 2.45) is 0 Å². The number of aromatic nitrogens is 3. The van der Waals surface area contributed by atoms with Gasteiger partial charge < -0.3 is 20.7 Å². The van der Waals surface area contributed by atoms with Gasteiger partial charge in [0.15, 0.2) is 5.82 Å². The Kier molecular flexibility index (Phi) is 6.63. The Morgan fingerprint density at radius 1 is 1.37 bits per heavy atom. The van der Waals surface area contributed by atoms with Gasteiger partial charge in [-0.2, -0.15) is 5.10 Å². The SMILES string of the molecule is COC(=O)CN1CC=C(c2cc(N3CCC[C@@H](NC(=O)c4ccc(Cl)s4)C3)c3c(N)ncnn23)C1. The summed E-state index contributed by atoms with van der Waals surface area (Å²) in [5.41, 5.74) is 9.96. The molecule has 2 aliphatic rings. The lowest BCUT2D eigenvalue weighted by atomic mass is 10.0. The predicted molar refractivity (Wildman–Crippen MR) is 136 cm³/mol. The number of ether oxygens (including phenoxy) is 1. The van der Waals surface area contributed by atoms with E-state index in [9.17, 15) is 9.59 Å². The summed E-state index contributed by atoms with van der Waals surface area (Å²) in [5, 5.41) is 7.62. The van der Waals surface area contributed by atoms with Gasteiger partial charge in [0.25, 0.3) is 5.91 Å². The van der Waals surface area contributed by atoms with Crippen LogP contribution in [0, 0.1) is 0 Å². The molecule has 35 heavy (non-hydrogen) atoms. The number of fused-ring (bicyclic) bond motifs is 1. The molecule has 12 heteroatoms. The van der Waals surface area contributed by atoms with Crippen molar-refractivity contribution in [1.29, 1.82) is 0 Å². The molecular weight excluding hydrogens is 490 g/mol. The van der Waals surface area contributed by atoms with E-state index in [1.807, 2.05) is 9.42 Å². The number of nitrogen functional groups attached to an aromatic ring is 1. The van der Waals surface area contributed by atoms with Gasteiger partial charge >= 0.3 is 5.97 Å². The highest BCUT2D eigenvalue weighted by Gasteiger charge is 2.28. The van der Waals surface area contributed by atoms with Crippen molar-refractivity contribution in [2.45, 2.75) is 18.9 Å². The maximum Gasteiger partial charge on any atom is 0.319 e. The van der Waals surface area contributed by atoms with Gasteiger partial charge in [0.2, 0.25) is 0 Å². The molecule has 1 fully saturated rings. The number of hydrogen-bond donors (Lipinski definition) is 2. The molecule has 1 atom stereocenters. The highest BCUT2D eigenvalue weighted by Crippen LogP contribution is 2.34. The van der Waals surface area contributed by atoms with Gasteiger partial charge in [0.1, 0.15) is 11.8 Å². The number of nitrogens with zero attached hydrogens (tertiary/aromatic N) is 5. The molecular formula is C23H26ClN7O3S. The van der Waals surface area contributed by atoms with E-state index in [1.165, 1.54) is 24.8 Å². The number of rotatable bonds is 6. The number of hydrogen-bond acceptors (Lipinski definition) is 9. The zero-order chi connectivity index (χ0) is 24.5. The van der Waals surface area contributed by atoms with E-state index >= 15 is 0 Å². The number of anilines is 2. The average Bonchev–Trinajstić information content (AvgIpc) is 3.58. The minimum Gasteiger partial charge on any atom is -0.468 e. The van der Waals surface area contributed by atoms with Crippen LogP contribution >= 0.6 is 22.9 Å². The number of halogens is 1. The summed E-state index contributed by atoms with van der Waals surface area (Å²) >= 11 is 7.26. The fraction of sp³-hybridized carbons (Fsp3) is 0.391. The van der Waals surface area contributed by atoms with Gasteiger partial charge in [-0.3, -0.25) is 14.5 Å². The van der Waals surface area contributed by atoms with Crippen LogP contribution in [0.3, 0.4) is 0 Å². The summed E-state index contributed by atoms with van der Waals surface area (Å²) in [6.45, 7) is 2.96. The Hall–Kier alpha value is -3.15. The number of esters is 1. The summed E-state index contributed by atoms with van der Waals surface area (Å²) in [6, 6.07) is 5.54. The molecule has 1 amide bonds. The molecule has 3 aromatic heterocycles. The van der Waals surface area contributed by atoms with Crippen molar-refractivity contribution >= 4 is 57.4 Å². The van der Waals surface area contributed by atoms with Crippen LogP contribution in [0.1, 0.15) is 28.2 Å². The second-order valence-electron chi connectivity index (χ2n) is 8.66. The fourth-order valence-corrected chi connectivity index (χ4v) is 5.63. The van der Waals surface area contributed by atoms with Crippen LogP contribution < -0.4 is 16.0 Å². The zero-order valence-corrected chi connectivity index (χ0v) is 20.8. The highest BCUT2D eigenvalue weighted by molar-refractivity contribution is 7.18. The van der Waals surface area contributed by atoms with Crippen molar-refractivity contribution in [1.82, 2.24) is 24.8 Å². The summed E-state index contributed by atoms with van der Waals surface area (Å²) in [5.74, 6) is 0.0182. The number of nitrogens with one attached hydrogen (secondary N) is 1. The van der Waals surface area contributed by atoms with Crippen molar-refractivity contribution in [3.05, 3.63) is 45.5 Å². The molecule has 2 aliphatic heterocycles.